The molecule has 0 saturated carbocycles. The molecule has 0 spiro atoms. The summed E-state index contributed by atoms with van der Waals surface area (Å²) in [4.78, 5) is 12.4. The van der Waals surface area contributed by atoms with Crippen LogP contribution < -0.4 is 5.73 Å². The Hall–Kier alpha value is -1.38. The lowest BCUT2D eigenvalue weighted by Gasteiger charge is -2.18. The van der Waals surface area contributed by atoms with E-state index in [1.165, 1.54) is 6.33 Å². The topological polar surface area (TPSA) is 91.4 Å². The quantitative estimate of drug-likeness (QED) is 0.815. The minimum absolute atomic E-state index is 0.103. The van der Waals surface area contributed by atoms with Crippen LogP contribution in [-0.4, -0.2) is 49.8 Å². The van der Waals surface area contributed by atoms with E-state index >= 15 is 0 Å². The fraction of sp³-hybridized carbons (Fsp3) is 0.545. The number of hydrogen-bond donors (Lipinski definition) is 1. The SMILES string of the molecule is CSC[C@H]1O[C@@H](n2cnc3c(N)ncnc32)[C@@H]2O[C@@H]21. The molecule has 4 heterocycles. The largest absolute Gasteiger partial charge is 0.382 e. The van der Waals surface area contributed by atoms with E-state index in [-0.39, 0.29) is 24.5 Å². The molecule has 2 saturated heterocycles. The van der Waals surface area contributed by atoms with Gasteiger partial charge in [0.05, 0.1) is 12.4 Å². The van der Waals surface area contributed by atoms with E-state index in [9.17, 15) is 0 Å². The predicted molar refractivity (Wildman–Crippen MR) is 70.7 cm³/mol. The molecule has 2 aromatic rings. The Kier molecular flexibility index (Phi) is 2.44. The molecule has 2 aliphatic rings. The highest BCUT2D eigenvalue weighted by molar-refractivity contribution is 7.98. The number of fused-ring (bicyclic) bond motifs is 2. The average molecular weight is 279 g/mol. The number of anilines is 1. The van der Waals surface area contributed by atoms with Gasteiger partial charge < -0.3 is 15.2 Å². The molecule has 0 aromatic carbocycles. The van der Waals surface area contributed by atoms with Crippen LogP contribution >= 0.6 is 11.8 Å². The van der Waals surface area contributed by atoms with Crippen molar-refractivity contribution in [3.63, 3.8) is 0 Å². The zero-order valence-corrected chi connectivity index (χ0v) is 11.1. The number of hydrogen-bond acceptors (Lipinski definition) is 7. The van der Waals surface area contributed by atoms with Gasteiger partial charge in [-0.1, -0.05) is 0 Å². The van der Waals surface area contributed by atoms with Gasteiger partial charge in [0.25, 0.3) is 0 Å². The molecule has 0 amide bonds. The lowest BCUT2D eigenvalue weighted by Crippen LogP contribution is -2.20. The Morgan fingerprint density at radius 1 is 1.32 bits per heavy atom. The third kappa shape index (κ3) is 1.63. The molecule has 2 fully saturated rings. The molecule has 7 nitrogen and oxygen atoms in total. The fourth-order valence-corrected chi connectivity index (χ4v) is 3.17. The second kappa shape index (κ2) is 4.06. The van der Waals surface area contributed by atoms with E-state index in [0.717, 1.165) is 5.75 Å². The maximum atomic E-state index is 6.03. The number of nitrogens with two attached hydrogens (primary N) is 1. The summed E-state index contributed by atoms with van der Waals surface area (Å²) in [5.74, 6) is 1.32. The molecule has 8 heteroatoms. The van der Waals surface area contributed by atoms with Crippen LogP contribution in [0, 0.1) is 0 Å². The van der Waals surface area contributed by atoms with Crippen molar-refractivity contribution < 1.29 is 9.47 Å². The summed E-state index contributed by atoms with van der Waals surface area (Å²) < 4.78 is 13.6. The summed E-state index contributed by atoms with van der Waals surface area (Å²) in [6, 6.07) is 0. The smallest absolute Gasteiger partial charge is 0.167 e. The second-order valence-electron chi connectivity index (χ2n) is 4.67. The van der Waals surface area contributed by atoms with Crippen molar-refractivity contribution in [3.8, 4) is 0 Å². The lowest BCUT2D eigenvalue weighted by molar-refractivity contribution is -0.0549. The van der Waals surface area contributed by atoms with Gasteiger partial charge in [-0.15, -0.1) is 0 Å². The van der Waals surface area contributed by atoms with Gasteiger partial charge in [0, 0.05) is 5.75 Å². The first kappa shape index (κ1) is 11.4. The van der Waals surface area contributed by atoms with Crippen molar-refractivity contribution >= 4 is 28.7 Å². The fourth-order valence-electron chi connectivity index (χ4n) is 2.58. The van der Waals surface area contributed by atoms with Gasteiger partial charge in [-0.25, -0.2) is 15.0 Å². The highest BCUT2D eigenvalue weighted by atomic mass is 32.2. The third-order valence-corrected chi connectivity index (χ3v) is 4.18. The number of nitrogens with zero attached hydrogens (tertiary/aromatic N) is 4. The normalized spacial score (nSPS) is 32.7. The molecular formula is C11H13N5O2S. The van der Waals surface area contributed by atoms with Gasteiger partial charge in [0.1, 0.15) is 24.1 Å². The highest BCUT2D eigenvalue weighted by Gasteiger charge is 2.58. The van der Waals surface area contributed by atoms with E-state index < -0.39 is 0 Å². The molecule has 100 valence electrons. The van der Waals surface area contributed by atoms with Crippen molar-refractivity contribution in [2.24, 2.45) is 0 Å². The average Bonchev–Trinajstić information content (AvgIpc) is 2.94. The molecule has 4 atom stereocenters. The standard InChI is InChI=1S/C11H13N5O2S/c1-19-2-5-7-8(18-7)11(17-5)16-4-15-6-9(12)13-3-14-10(6)16/h3-5,7-8,11H,2H2,1H3,(H2,12,13,14)/t5-,7-,8-,11-/m1/s1. The molecule has 0 radical (unpaired) electrons. The van der Waals surface area contributed by atoms with Crippen LogP contribution in [0.3, 0.4) is 0 Å². The Balaban J connectivity index is 1.71. The molecule has 2 aliphatic heterocycles. The Bertz CT molecular complexity index is 633. The summed E-state index contributed by atoms with van der Waals surface area (Å²) in [5, 5.41) is 0. The molecule has 2 N–H and O–H groups in total. The van der Waals surface area contributed by atoms with Crippen molar-refractivity contribution in [1.82, 2.24) is 19.5 Å². The van der Waals surface area contributed by atoms with Gasteiger partial charge in [-0.3, -0.25) is 4.57 Å². The molecular weight excluding hydrogens is 266 g/mol. The third-order valence-electron chi connectivity index (χ3n) is 3.52. The van der Waals surface area contributed by atoms with E-state index in [0.29, 0.717) is 17.0 Å². The van der Waals surface area contributed by atoms with E-state index in [1.807, 2.05) is 4.57 Å². The van der Waals surface area contributed by atoms with E-state index in [4.69, 9.17) is 15.2 Å². The second-order valence-corrected chi connectivity index (χ2v) is 5.58. The summed E-state index contributed by atoms with van der Waals surface area (Å²) in [7, 11) is 0. The molecule has 0 bridgehead atoms. The van der Waals surface area contributed by atoms with Crippen LogP contribution in [0.25, 0.3) is 11.2 Å². The first-order valence-corrected chi connectivity index (χ1v) is 7.42. The number of nitrogen functional groups attached to an aromatic ring is 1. The van der Waals surface area contributed by atoms with E-state index in [2.05, 4.69) is 21.2 Å². The Morgan fingerprint density at radius 3 is 3.05 bits per heavy atom. The zero-order valence-electron chi connectivity index (χ0n) is 10.3. The van der Waals surface area contributed by atoms with Gasteiger partial charge in [0.15, 0.2) is 17.7 Å². The highest BCUT2D eigenvalue weighted by Crippen LogP contribution is 2.46. The molecule has 0 unspecified atom stereocenters. The molecule has 2 aromatic heterocycles. The van der Waals surface area contributed by atoms with Crippen LogP contribution in [0.2, 0.25) is 0 Å². The maximum Gasteiger partial charge on any atom is 0.167 e. The van der Waals surface area contributed by atoms with Crippen LogP contribution in [0.4, 0.5) is 5.82 Å². The summed E-state index contributed by atoms with van der Waals surface area (Å²) >= 11 is 1.76. The van der Waals surface area contributed by atoms with Crippen molar-refractivity contribution in [1.29, 1.82) is 0 Å². The minimum Gasteiger partial charge on any atom is -0.382 e. The molecule has 0 aliphatic carbocycles. The molecule has 19 heavy (non-hydrogen) atoms. The van der Waals surface area contributed by atoms with Gasteiger partial charge in [-0.05, 0) is 6.26 Å². The van der Waals surface area contributed by atoms with Crippen molar-refractivity contribution in [3.05, 3.63) is 12.7 Å². The monoisotopic (exact) mass is 279 g/mol. The number of epoxide rings is 1. The van der Waals surface area contributed by atoms with Crippen LogP contribution in [-0.2, 0) is 9.47 Å². The van der Waals surface area contributed by atoms with Gasteiger partial charge in [-0.2, -0.15) is 11.8 Å². The lowest BCUT2D eigenvalue weighted by atomic mass is 10.2. The number of ether oxygens (including phenoxy) is 2. The van der Waals surface area contributed by atoms with E-state index in [1.54, 1.807) is 18.1 Å². The first-order chi connectivity index (χ1) is 9.29. The maximum absolute atomic E-state index is 6.03. The van der Waals surface area contributed by atoms with Gasteiger partial charge >= 0.3 is 0 Å². The number of imidazole rings is 1. The first-order valence-electron chi connectivity index (χ1n) is 6.02. The Morgan fingerprint density at radius 2 is 2.21 bits per heavy atom. The van der Waals surface area contributed by atoms with Crippen LogP contribution in [0.15, 0.2) is 12.7 Å². The Labute approximate surface area is 113 Å². The minimum atomic E-state index is -0.165. The summed E-state index contributed by atoms with van der Waals surface area (Å²) in [6.07, 6.45) is 5.48. The van der Waals surface area contributed by atoms with Crippen molar-refractivity contribution in [2.75, 3.05) is 17.7 Å². The van der Waals surface area contributed by atoms with Crippen molar-refractivity contribution in [2.45, 2.75) is 24.5 Å². The zero-order chi connectivity index (χ0) is 13.0. The molecule has 4 rings (SSSR count). The predicted octanol–water partition coefficient (Wildman–Crippen LogP) is 0.436. The van der Waals surface area contributed by atoms with Crippen LogP contribution in [0.1, 0.15) is 6.23 Å². The number of rotatable bonds is 3. The van der Waals surface area contributed by atoms with Gasteiger partial charge in [0.2, 0.25) is 0 Å². The van der Waals surface area contributed by atoms with Crippen LogP contribution in [0.5, 0.6) is 0 Å². The number of aromatic nitrogens is 4. The summed E-state index contributed by atoms with van der Waals surface area (Å²) in [5.41, 5.74) is 7.09. The summed E-state index contributed by atoms with van der Waals surface area (Å²) in [6.45, 7) is 0. The number of thioether (sulfide) groups is 1.